The first-order chi connectivity index (χ1) is 25.1. The summed E-state index contributed by atoms with van der Waals surface area (Å²) in [5.41, 5.74) is -4.61. The number of carbonyl (C=O) groups is 3. The van der Waals surface area contributed by atoms with Crippen molar-refractivity contribution >= 4 is 29.5 Å². The van der Waals surface area contributed by atoms with Gasteiger partial charge in [-0.2, -0.15) is 36.3 Å². The summed E-state index contributed by atoms with van der Waals surface area (Å²) in [4.78, 5) is 48.4. The molecule has 0 atom stereocenters. The summed E-state index contributed by atoms with van der Waals surface area (Å²) >= 11 is 5.42. The van der Waals surface area contributed by atoms with Gasteiger partial charge in [-0.1, -0.05) is 10.3 Å². The van der Waals surface area contributed by atoms with Crippen molar-refractivity contribution < 1.29 is 63.3 Å². The third-order valence-corrected chi connectivity index (χ3v) is 8.49. The van der Waals surface area contributed by atoms with E-state index in [0.717, 1.165) is 17.0 Å². The quantitative estimate of drug-likeness (QED) is 0.112. The molecular formula is C33H29ClF8N6O6. The molecule has 2 aliphatic rings. The van der Waals surface area contributed by atoms with E-state index in [1.54, 1.807) is 20.8 Å². The second-order valence-corrected chi connectivity index (χ2v) is 13.5. The number of alkyl halides is 7. The fraction of sp³-hybridized carbons (Fsp3) is 0.424. The van der Waals surface area contributed by atoms with Crippen LogP contribution in [-0.2, 0) is 39.1 Å². The standard InChI is InChI=1S/C23H24F4N4O5.C10H5ClF4N2O/c1-21(2,3)35-20(34)30-8-6-22(7-9-30)11-17(32)31(19(22)33)12-16-28-18(29-36-16)13-4-5-15(24)14(10-13)23(25,26)27;11-4-8-16-9(17-18-8)5-1-2-7(12)6(3-5)10(13,14)15/h4-5,10H,6-9,11-12H2,1-3H3;1-3H,4H2. The minimum absolute atomic E-state index is 0.00356. The molecule has 1 spiro atoms. The molecule has 6 rings (SSSR count). The highest BCUT2D eigenvalue weighted by atomic mass is 35.5. The van der Waals surface area contributed by atoms with Crippen LogP contribution in [0.1, 0.15) is 62.9 Å². The molecule has 4 heterocycles. The van der Waals surface area contributed by atoms with Crippen LogP contribution >= 0.6 is 11.6 Å². The fourth-order valence-corrected chi connectivity index (χ4v) is 5.72. The van der Waals surface area contributed by atoms with Crippen molar-refractivity contribution in [2.75, 3.05) is 13.1 Å². The number of rotatable bonds is 5. The molecule has 0 bridgehead atoms. The van der Waals surface area contributed by atoms with E-state index in [-0.39, 0.29) is 79.3 Å². The molecule has 0 aliphatic carbocycles. The molecule has 2 aliphatic heterocycles. The number of amides is 3. The molecular weight excluding hydrogens is 764 g/mol. The smallest absolute Gasteiger partial charge is 0.419 e. The zero-order valence-corrected chi connectivity index (χ0v) is 29.2. The Labute approximate surface area is 305 Å². The Balaban J connectivity index is 0.000000260. The summed E-state index contributed by atoms with van der Waals surface area (Å²) in [6, 6.07) is 4.73. The highest BCUT2D eigenvalue weighted by Gasteiger charge is 2.53. The van der Waals surface area contributed by atoms with Crippen LogP contribution in [-0.4, -0.2) is 66.7 Å². The molecule has 0 N–H and O–H groups in total. The number of nitrogens with zero attached hydrogens (tertiary/aromatic N) is 6. The Morgan fingerprint density at radius 2 is 1.31 bits per heavy atom. The van der Waals surface area contributed by atoms with Crippen LogP contribution < -0.4 is 0 Å². The van der Waals surface area contributed by atoms with Crippen molar-refractivity contribution in [2.45, 2.75) is 70.4 Å². The van der Waals surface area contributed by atoms with Crippen molar-refractivity contribution in [3.05, 3.63) is 70.9 Å². The number of hydrogen-bond donors (Lipinski definition) is 0. The highest BCUT2D eigenvalue weighted by molar-refractivity contribution is 6.16. The second kappa shape index (κ2) is 14.9. The van der Waals surface area contributed by atoms with Crippen LogP contribution in [0.2, 0.25) is 0 Å². The number of ether oxygens (including phenoxy) is 1. The van der Waals surface area contributed by atoms with Crippen LogP contribution in [0, 0.1) is 17.0 Å². The van der Waals surface area contributed by atoms with Crippen molar-refractivity contribution in [2.24, 2.45) is 5.41 Å². The molecule has 2 fully saturated rings. The number of hydrogen-bond acceptors (Lipinski definition) is 10. The van der Waals surface area contributed by atoms with Gasteiger partial charge in [0.1, 0.15) is 29.7 Å². The molecule has 0 unspecified atom stereocenters. The normalized spacial score (nSPS) is 16.1. The number of likely N-dealkylation sites (tertiary alicyclic amines) is 2. The Morgan fingerprint density at radius 3 is 1.76 bits per heavy atom. The first-order valence-corrected chi connectivity index (χ1v) is 16.4. The van der Waals surface area contributed by atoms with E-state index in [4.69, 9.17) is 20.9 Å². The van der Waals surface area contributed by atoms with Gasteiger partial charge in [0.2, 0.25) is 35.2 Å². The maximum Gasteiger partial charge on any atom is 0.419 e. The van der Waals surface area contributed by atoms with Crippen molar-refractivity contribution in [3.8, 4) is 22.8 Å². The number of aromatic nitrogens is 4. The molecule has 0 radical (unpaired) electrons. The predicted octanol–water partition coefficient (Wildman–Crippen LogP) is 7.80. The molecule has 4 aromatic rings. The van der Waals surface area contributed by atoms with Gasteiger partial charge in [-0.25, -0.2) is 13.6 Å². The molecule has 54 heavy (non-hydrogen) atoms. The molecule has 2 saturated heterocycles. The lowest BCUT2D eigenvalue weighted by atomic mass is 9.77. The average Bonchev–Trinajstić information content (AvgIpc) is 3.80. The van der Waals surface area contributed by atoms with Crippen LogP contribution in [0.3, 0.4) is 0 Å². The largest absolute Gasteiger partial charge is 0.444 e. The van der Waals surface area contributed by atoms with Gasteiger partial charge in [0.15, 0.2) is 0 Å². The van der Waals surface area contributed by atoms with Gasteiger partial charge in [-0.05, 0) is 70.0 Å². The van der Waals surface area contributed by atoms with E-state index in [0.29, 0.717) is 24.3 Å². The van der Waals surface area contributed by atoms with Crippen LogP contribution in [0.25, 0.3) is 22.8 Å². The van der Waals surface area contributed by atoms with Crippen LogP contribution in [0.15, 0.2) is 45.4 Å². The molecule has 12 nitrogen and oxygen atoms in total. The Morgan fingerprint density at radius 1 is 0.833 bits per heavy atom. The summed E-state index contributed by atoms with van der Waals surface area (Å²) in [5.74, 6) is -4.13. The summed E-state index contributed by atoms with van der Waals surface area (Å²) in [7, 11) is 0. The predicted molar refractivity (Wildman–Crippen MR) is 169 cm³/mol. The van der Waals surface area contributed by atoms with E-state index in [1.807, 2.05) is 0 Å². The summed E-state index contributed by atoms with van der Waals surface area (Å²) in [6.07, 6.45) is -9.66. The summed E-state index contributed by atoms with van der Waals surface area (Å²) in [6.45, 7) is 5.40. The third-order valence-electron chi connectivity index (χ3n) is 8.27. The van der Waals surface area contributed by atoms with E-state index in [2.05, 4.69) is 24.8 Å². The van der Waals surface area contributed by atoms with Crippen LogP contribution in [0.4, 0.5) is 39.9 Å². The van der Waals surface area contributed by atoms with Crippen molar-refractivity contribution in [1.29, 1.82) is 0 Å². The maximum absolute atomic E-state index is 13.6. The molecule has 2 aromatic heterocycles. The van der Waals surface area contributed by atoms with Crippen molar-refractivity contribution in [1.82, 2.24) is 30.1 Å². The monoisotopic (exact) mass is 792 g/mol. The molecule has 0 saturated carbocycles. The molecule has 290 valence electrons. The topological polar surface area (TPSA) is 145 Å². The lowest BCUT2D eigenvalue weighted by Crippen LogP contribution is -2.47. The lowest BCUT2D eigenvalue weighted by molar-refractivity contribution is -0.144. The third kappa shape index (κ3) is 8.96. The number of halogens is 9. The highest BCUT2D eigenvalue weighted by Crippen LogP contribution is 2.43. The first kappa shape index (κ1) is 40.1. The van der Waals surface area contributed by atoms with Gasteiger partial charge in [0.25, 0.3) is 0 Å². The fourth-order valence-electron chi connectivity index (χ4n) is 5.62. The summed E-state index contributed by atoms with van der Waals surface area (Å²) < 4.78 is 118. The number of benzene rings is 2. The zero-order chi connectivity index (χ0) is 39.8. The minimum Gasteiger partial charge on any atom is -0.444 e. The second-order valence-electron chi connectivity index (χ2n) is 13.3. The van der Waals surface area contributed by atoms with Gasteiger partial charge in [-0.15, -0.1) is 11.6 Å². The Kier molecular flexibility index (Phi) is 11.1. The van der Waals surface area contributed by atoms with Crippen molar-refractivity contribution in [3.63, 3.8) is 0 Å². The number of carbonyl (C=O) groups excluding carboxylic acids is 3. The van der Waals surface area contributed by atoms with Gasteiger partial charge < -0.3 is 18.7 Å². The zero-order valence-electron chi connectivity index (χ0n) is 28.4. The molecule has 2 aromatic carbocycles. The summed E-state index contributed by atoms with van der Waals surface area (Å²) in [5, 5.41) is 7.06. The Hall–Kier alpha value is -5.14. The SMILES string of the molecule is CC(C)(C)OC(=O)N1CCC2(CC1)CC(=O)N(Cc1nc(-c3ccc(F)c(C(F)(F)F)c3)no1)C2=O.Fc1ccc(-c2noc(CCl)n2)cc1C(F)(F)F. The Bertz CT molecular complexity index is 2040. The van der Waals surface area contributed by atoms with Gasteiger partial charge in [-0.3, -0.25) is 14.5 Å². The van der Waals surface area contributed by atoms with Gasteiger partial charge in [0.05, 0.1) is 16.5 Å². The van der Waals surface area contributed by atoms with E-state index in [1.165, 1.54) is 4.90 Å². The van der Waals surface area contributed by atoms with Crippen LogP contribution in [0.5, 0.6) is 0 Å². The van der Waals surface area contributed by atoms with E-state index < -0.39 is 64.0 Å². The minimum atomic E-state index is -4.91. The number of imide groups is 1. The average molecular weight is 793 g/mol. The van der Waals surface area contributed by atoms with Gasteiger partial charge >= 0.3 is 18.4 Å². The van der Waals surface area contributed by atoms with Gasteiger partial charge in [0, 0.05) is 30.6 Å². The van der Waals surface area contributed by atoms with E-state index >= 15 is 0 Å². The number of piperidine rings is 1. The first-order valence-electron chi connectivity index (χ1n) is 15.9. The molecule has 21 heteroatoms. The maximum atomic E-state index is 13.6. The lowest BCUT2D eigenvalue weighted by Gasteiger charge is -2.37. The molecule has 3 amide bonds. The van der Waals surface area contributed by atoms with E-state index in [9.17, 15) is 49.5 Å².